The summed E-state index contributed by atoms with van der Waals surface area (Å²) in [6, 6.07) is 2.36. The first kappa shape index (κ1) is 16.0. The van der Waals surface area contributed by atoms with Gasteiger partial charge in [-0.05, 0) is 26.2 Å². The molecule has 4 nitrogen and oxygen atoms in total. The molecule has 108 valence electrons. The van der Waals surface area contributed by atoms with E-state index >= 15 is 0 Å². The van der Waals surface area contributed by atoms with Gasteiger partial charge >= 0.3 is 0 Å². The van der Waals surface area contributed by atoms with Gasteiger partial charge in [0, 0.05) is 19.3 Å². The van der Waals surface area contributed by atoms with Gasteiger partial charge in [0.1, 0.15) is 5.41 Å². The Labute approximate surface area is 116 Å². The first-order valence-corrected chi connectivity index (χ1v) is 7.44. The number of carbonyl (C=O) groups is 1. The summed E-state index contributed by atoms with van der Waals surface area (Å²) < 4.78 is 5.24. The molecule has 4 heteroatoms. The van der Waals surface area contributed by atoms with E-state index in [1.165, 1.54) is 19.3 Å². The number of amides is 1. The van der Waals surface area contributed by atoms with E-state index < -0.39 is 5.41 Å². The van der Waals surface area contributed by atoms with E-state index in [1.807, 2.05) is 6.92 Å². The highest BCUT2D eigenvalue weighted by atomic mass is 16.5. The van der Waals surface area contributed by atoms with Crippen molar-refractivity contribution in [2.75, 3.05) is 13.2 Å². The van der Waals surface area contributed by atoms with Crippen molar-refractivity contribution in [2.45, 2.75) is 64.8 Å². The Morgan fingerprint density at radius 2 is 2.05 bits per heavy atom. The Kier molecular flexibility index (Phi) is 6.86. The van der Waals surface area contributed by atoms with Crippen LogP contribution in [0.4, 0.5) is 0 Å². The van der Waals surface area contributed by atoms with Gasteiger partial charge in [0.05, 0.1) is 6.07 Å². The Morgan fingerprint density at radius 1 is 1.37 bits per heavy atom. The monoisotopic (exact) mass is 266 g/mol. The fraction of sp³-hybridized carbons (Fsp3) is 0.867. The topological polar surface area (TPSA) is 62.1 Å². The third-order valence-electron chi connectivity index (χ3n) is 3.86. The molecular weight excluding hydrogens is 240 g/mol. The molecule has 1 atom stereocenters. The van der Waals surface area contributed by atoms with E-state index in [2.05, 4.69) is 18.3 Å². The molecule has 0 bridgehead atoms. The van der Waals surface area contributed by atoms with Crippen LogP contribution >= 0.6 is 0 Å². The quantitative estimate of drug-likeness (QED) is 0.721. The van der Waals surface area contributed by atoms with Crippen LogP contribution in [0.1, 0.15) is 58.8 Å². The molecule has 1 aliphatic heterocycles. The van der Waals surface area contributed by atoms with E-state index in [0.29, 0.717) is 26.1 Å². The van der Waals surface area contributed by atoms with E-state index in [4.69, 9.17) is 4.74 Å². The number of nitrogens with zero attached hydrogens (tertiary/aromatic N) is 1. The summed E-state index contributed by atoms with van der Waals surface area (Å²) >= 11 is 0. The molecule has 0 aliphatic carbocycles. The Bertz CT molecular complexity index is 317. The maximum atomic E-state index is 12.3. The van der Waals surface area contributed by atoms with Crippen molar-refractivity contribution in [2.24, 2.45) is 5.41 Å². The van der Waals surface area contributed by atoms with Crippen LogP contribution in [-0.2, 0) is 9.53 Å². The van der Waals surface area contributed by atoms with E-state index in [0.717, 1.165) is 12.8 Å². The summed E-state index contributed by atoms with van der Waals surface area (Å²) in [6.07, 6.45) is 6.84. The highest BCUT2D eigenvalue weighted by molar-refractivity contribution is 5.85. The molecule has 1 heterocycles. The summed E-state index contributed by atoms with van der Waals surface area (Å²) in [7, 11) is 0. The molecule has 1 saturated heterocycles. The van der Waals surface area contributed by atoms with Crippen molar-refractivity contribution in [3.05, 3.63) is 0 Å². The summed E-state index contributed by atoms with van der Waals surface area (Å²) in [5.41, 5.74) is -0.865. The van der Waals surface area contributed by atoms with Gasteiger partial charge in [-0.3, -0.25) is 4.79 Å². The predicted molar refractivity (Wildman–Crippen MR) is 74.5 cm³/mol. The molecule has 0 spiro atoms. The second kappa shape index (κ2) is 8.16. The molecule has 1 fully saturated rings. The zero-order valence-electron chi connectivity index (χ0n) is 12.2. The molecule has 0 saturated carbocycles. The highest BCUT2D eigenvalue weighted by Gasteiger charge is 2.40. The zero-order valence-corrected chi connectivity index (χ0v) is 12.2. The molecule has 1 aliphatic rings. The fourth-order valence-electron chi connectivity index (χ4n) is 2.42. The van der Waals surface area contributed by atoms with E-state index in [-0.39, 0.29) is 11.9 Å². The number of rotatable bonds is 7. The molecular formula is C15H26N2O2. The van der Waals surface area contributed by atoms with E-state index in [9.17, 15) is 10.1 Å². The second-order valence-corrected chi connectivity index (χ2v) is 5.53. The van der Waals surface area contributed by atoms with Gasteiger partial charge < -0.3 is 10.1 Å². The fourth-order valence-corrected chi connectivity index (χ4v) is 2.42. The van der Waals surface area contributed by atoms with Gasteiger partial charge in [-0.1, -0.05) is 32.6 Å². The number of hydrogen-bond acceptors (Lipinski definition) is 3. The SMILES string of the molecule is CCCCCCC(C)NC(=O)C1(C#N)CCOCC1. The van der Waals surface area contributed by atoms with E-state index in [1.54, 1.807) is 0 Å². The number of carbonyl (C=O) groups excluding carboxylic acids is 1. The third-order valence-corrected chi connectivity index (χ3v) is 3.86. The van der Waals surface area contributed by atoms with Crippen LogP contribution < -0.4 is 5.32 Å². The van der Waals surface area contributed by atoms with Crippen LogP contribution in [-0.4, -0.2) is 25.2 Å². The Morgan fingerprint density at radius 3 is 2.63 bits per heavy atom. The van der Waals surface area contributed by atoms with Gasteiger partial charge in [-0.25, -0.2) is 0 Å². The summed E-state index contributed by atoms with van der Waals surface area (Å²) in [4.78, 5) is 12.3. The lowest BCUT2D eigenvalue weighted by atomic mass is 9.80. The van der Waals surface area contributed by atoms with Gasteiger partial charge in [0.15, 0.2) is 0 Å². The van der Waals surface area contributed by atoms with Crippen molar-refractivity contribution >= 4 is 5.91 Å². The maximum absolute atomic E-state index is 12.3. The summed E-state index contributed by atoms with van der Waals surface area (Å²) in [5.74, 6) is -0.110. The molecule has 1 amide bonds. The lowest BCUT2D eigenvalue weighted by Crippen LogP contribution is -2.46. The van der Waals surface area contributed by atoms with Crippen LogP contribution in [0, 0.1) is 16.7 Å². The predicted octanol–water partition coefficient (Wildman–Crippen LogP) is 2.78. The number of hydrogen-bond donors (Lipinski definition) is 1. The molecule has 1 N–H and O–H groups in total. The van der Waals surface area contributed by atoms with Crippen LogP contribution in [0.5, 0.6) is 0 Å². The van der Waals surface area contributed by atoms with Crippen molar-refractivity contribution < 1.29 is 9.53 Å². The lowest BCUT2D eigenvalue weighted by Gasteiger charge is -2.30. The van der Waals surface area contributed by atoms with Crippen LogP contribution in [0.2, 0.25) is 0 Å². The minimum atomic E-state index is -0.865. The van der Waals surface area contributed by atoms with Gasteiger partial charge in [0.25, 0.3) is 0 Å². The van der Waals surface area contributed by atoms with Crippen molar-refractivity contribution in [1.29, 1.82) is 5.26 Å². The van der Waals surface area contributed by atoms with Crippen LogP contribution in [0.25, 0.3) is 0 Å². The van der Waals surface area contributed by atoms with Crippen molar-refractivity contribution in [3.8, 4) is 6.07 Å². The summed E-state index contributed by atoms with van der Waals surface area (Å²) in [6.45, 7) is 5.22. The molecule has 1 unspecified atom stereocenters. The molecule has 0 radical (unpaired) electrons. The molecule has 0 aromatic heterocycles. The third kappa shape index (κ3) is 4.83. The second-order valence-electron chi connectivity index (χ2n) is 5.53. The maximum Gasteiger partial charge on any atom is 0.240 e. The average Bonchev–Trinajstić information content (AvgIpc) is 2.44. The lowest BCUT2D eigenvalue weighted by molar-refractivity contribution is -0.133. The number of nitrogens with one attached hydrogen (secondary N) is 1. The molecule has 0 aromatic rings. The Hall–Kier alpha value is -1.08. The Balaban J connectivity index is 2.38. The normalized spacial score (nSPS) is 19.4. The summed E-state index contributed by atoms with van der Waals surface area (Å²) in [5, 5.41) is 12.3. The van der Waals surface area contributed by atoms with Crippen LogP contribution in [0.15, 0.2) is 0 Å². The number of ether oxygens (including phenoxy) is 1. The minimum absolute atomic E-state index is 0.110. The first-order chi connectivity index (χ1) is 9.14. The van der Waals surface area contributed by atoms with Crippen molar-refractivity contribution in [3.63, 3.8) is 0 Å². The van der Waals surface area contributed by atoms with Gasteiger partial charge in [0.2, 0.25) is 5.91 Å². The smallest absolute Gasteiger partial charge is 0.240 e. The number of unbranched alkanes of at least 4 members (excludes halogenated alkanes) is 3. The number of nitriles is 1. The molecule has 19 heavy (non-hydrogen) atoms. The van der Waals surface area contributed by atoms with Crippen LogP contribution in [0.3, 0.4) is 0 Å². The molecule has 1 rings (SSSR count). The van der Waals surface area contributed by atoms with Gasteiger partial charge in [-0.15, -0.1) is 0 Å². The first-order valence-electron chi connectivity index (χ1n) is 7.44. The average molecular weight is 266 g/mol. The standard InChI is InChI=1S/C15H26N2O2/c1-3-4-5-6-7-13(2)17-14(18)15(12-16)8-10-19-11-9-15/h13H,3-11H2,1-2H3,(H,17,18). The minimum Gasteiger partial charge on any atom is -0.381 e. The van der Waals surface area contributed by atoms with Crippen molar-refractivity contribution in [1.82, 2.24) is 5.32 Å². The van der Waals surface area contributed by atoms with Gasteiger partial charge in [-0.2, -0.15) is 5.26 Å². The highest BCUT2D eigenvalue weighted by Crippen LogP contribution is 2.30. The molecule has 0 aromatic carbocycles. The zero-order chi connectivity index (χ0) is 14.1. The largest absolute Gasteiger partial charge is 0.381 e.